The Hall–Kier alpha value is 0.0700. The second-order valence-corrected chi connectivity index (χ2v) is 7.15. The van der Waals surface area contributed by atoms with E-state index in [1.54, 1.807) is 0 Å². The summed E-state index contributed by atoms with van der Waals surface area (Å²) in [5, 5.41) is 15.0. The molecule has 0 aromatic heterocycles. The second kappa shape index (κ2) is 6.68. The minimum absolute atomic E-state index is 0.147. The smallest absolute Gasteiger partial charge is 0.0787 e. The Bertz CT molecular complexity index is 435. The third kappa shape index (κ3) is 4.27. The summed E-state index contributed by atoms with van der Waals surface area (Å²) in [6.07, 6.45) is 1.72. The molecule has 1 unspecified atom stereocenters. The number of benzene rings is 1. The SMILES string of the molecule is CC(NCC1(O)CCSCC1)c1ccc(Cl)c(Cl)c1. The minimum Gasteiger partial charge on any atom is -0.389 e. The summed E-state index contributed by atoms with van der Waals surface area (Å²) < 4.78 is 0. The normalized spacial score (nSPS) is 20.2. The molecule has 0 saturated carbocycles. The van der Waals surface area contributed by atoms with Crippen LogP contribution in [0.1, 0.15) is 31.4 Å². The van der Waals surface area contributed by atoms with Crippen molar-refractivity contribution < 1.29 is 5.11 Å². The Balaban J connectivity index is 1.93. The number of rotatable bonds is 4. The van der Waals surface area contributed by atoms with Gasteiger partial charge >= 0.3 is 0 Å². The first-order valence-electron chi connectivity index (χ1n) is 6.49. The van der Waals surface area contributed by atoms with Crippen LogP contribution in [0.5, 0.6) is 0 Å². The summed E-state index contributed by atoms with van der Waals surface area (Å²) in [5.41, 5.74) is 0.526. The molecule has 1 aliphatic heterocycles. The third-order valence-electron chi connectivity index (χ3n) is 3.60. The second-order valence-electron chi connectivity index (χ2n) is 5.11. The average molecular weight is 320 g/mol. The highest BCUT2D eigenvalue weighted by atomic mass is 35.5. The van der Waals surface area contributed by atoms with E-state index in [1.807, 2.05) is 30.0 Å². The average Bonchev–Trinajstić information content (AvgIpc) is 2.40. The van der Waals surface area contributed by atoms with Crippen molar-refractivity contribution in [3.8, 4) is 0 Å². The lowest BCUT2D eigenvalue weighted by Crippen LogP contribution is -2.44. The Morgan fingerprint density at radius 3 is 2.63 bits per heavy atom. The van der Waals surface area contributed by atoms with Gasteiger partial charge in [0.2, 0.25) is 0 Å². The van der Waals surface area contributed by atoms with E-state index in [0.29, 0.717) is 16.6 Å². The fraction of sp³-hybridized carbons (Fsp3) is 0.571. The fourth-order valence-corrected chi connectivity index (χ4v) is 3.73. The van der Waals surface area contributed by atoms with Gasteiger partial charge in [-0.1, -0.05) is 29.3 Å². The van der Waals surface area contributed by atoms with Crippen molar-refractivity contribution in [2.75, 3.05) is 18.1 Å². The van der Waals surface area contributed by atoms with E-state index in [-0.39, 0.29) is 6.04 Å². The molecule has 0 bridgehead atoms. The van der Waals surface area contributed by atoms with Gasteiger partial charge in [0.05, 0.1) is 15.6 Å². The number of hydrogen-bond acceptors (Lipinski definition) is 3. The van der Waals surface area contributed by atoms with Crippen LogP contribution in [0.15, 0.2) is 18.2 Å². The van der Waals surface area contributed by atoms with Crippen LogP contribution in [0, 0.1) is 0 Å². The predicted octanol–water partition coefficient (Wildman–Crippen LogP) is 3.90. The molecule has 0 spiro atoms. The van der Waals surface area contributed by atoms with Crippen molar-refractivity contribution in [1.29, 1.82) is 0 Å². The van der Waals surface area contributed by atoms with Gasteiger partial charge in [-0.2, -0.15) is 11.8 Å². The zero-order valence-corrected chi connectivity index (χ0v) is 13.3. The van der Waals surface area contributed by atoms with Crippen LogP contribution in [0.3, 0.4) is 0 Å². The van der Waals surface area contributed by atoms with Crippen molar-refractivity contribution in [1.82, 2.24) is 5.32 Å². The lowest BCUT2D eigenvalue weighted by atomic mass is 9.96. The molecule has 1 heterocycles. The van der Waals surface area contributed by atoms with Gasteiger partial charge in [0.15, 0.2) is 0 Å². The van der Waals surface area contributed by atoms with Crippen LogP contribution < -0.4 is 5.32 Å². The molecular formula is C14H19Cl2NOS. The van der Waals surface area contributed by atoms with E-state index in [4.69, 9.17) is 23.2 Å². The first kappa shape index (κ1) is 15.5. The maximum absolute atomic E-state index is 10.4. The van der Waals surface area contributed by atoms with E-state index in [1.165, 1.54) is 0 Å². The summed E-state index contributed by atoms with van der Waals surface area (Å²) in [5.74, 6) is 2.08. The number of hydrogen-bond donors (Lipinski definition) is 2. The summed E-state index contributed by atoms with van der Waals surface area (Å²) in [6.45, 7) is 2.69. The van der Waals surface area contributed by atoms with Crippen LogP contribution in [0.25, 0.3) is 0 Å². The molecule has 1 aliphatic rings. The number of halogens is 2. The minimum atomic E-state index is -0.560. The molecule has 1 saturated heterocycles. The highest BCUT2D eigenvalue weighted by Crippen LogP contribution is 2.28. The Morgan fingerprint density at radius 2 is 2.00 bits per heavy atom. The molecule has 0 radical (unpaired) electrons. The van der Waals surface area contributed by atoms with Crippen molar-refractivity contribution >= 4 is 35.0 Å². The summed E-state index contributed by atoms with van der Waals surface area (Å²) in [7, 11) is 0. The summed E-state index contributed by atoms with van der Waals surface area (Å²) in [4.78, 5) is 0. The van der Waals surface area contributed by atoms with Gasteiger partial charge in [-0.05, 0) is 49.0 Å². The molecule has 1 fully saturated rings. The van der Waals surface area contributed by atoms with Crippen molar-refractivity contribution in [3.63, 3.8) is 0 Å². The monoisotopic (exact) mass is 319 g/mol. The standard InChI is InChI=1S/C14H19Cl2NOS/c1-10(11-2-3-12(15)13(16)8-11)17-9-14(18)4-6-19-7-5-14/h2-3,8,10,17-18H,4-7,9H2,1H3. The number of aliphatic hydroxyl groups is 1. The van der Waals surface area contributed by atoms with Crippen LogP contribution in [0.2, 0.25) is 10.0 Å². The molecule has 5 heteroatoms. The van der Waals surface area contributed by atoms with Gasteiger partial charge in [0.25, 0.3) is 0 Å². The van der Waals surface area contributed by atoms with Crippen molar-refractivity contribution in [2.24, 2.45) is 0 Å². The van der Waals surface area contributed by atoms with E-state index in [0.717, 1.165) is 29.9 Å². The molecule has 1 aromatic rings. The molecule has 2 rings (SSSR count). The van der Waals surface area contributed by atoms with Gasteiger partial charge in [0.1, 0.15) is 0 Å². The Morgan fingerprint density at radius 1 is 1.32 bits per heavy atom. The quantitative estimate of drug-likeness (QED) is 0.882. The fourth-order valence-electron chi connectivity index (χ4n) is 2.17. The molecule has 106 valence electrons. The van der Waals surface area contributed by atoms with E-state index >= 15 is 0 Å². The molecule has 1 aromatic carbocycles. The van der Waals surface area contributed by atoms with Gasteiger partial charge < -0.3 is 10.4 Å². The van der Waals surface area contributed by atoms with E-state index < -0.39 is 5.60 Å². The van der Waals surface area contributed by atoms with Crippen molar-refractivity contribution in [2.45, 2.75) is 31.4 Å². The van der Waals surface area contributed by atoms with Gasteiger partial charge in [0, 0.05) is 12.6 Å². The third-order valence-corrected chi connectivity index (χ3v) is 5.33. The number of nitrogens with one attached hydrogen (secondary N) is 1. The Labute approximate surface area is 128 Å². The van der Waals surface area contributed by atoms with Gasteiger partial charge in [-0.25, -0.2) is 0 Å². The lowest BCUT2D eigenvalue weighted by molar-refractivity contribution is 0.0300. The van der Waals surface area contributed by atoms with Crippen LogP contribution in [-0.2, 0) is 0 Å². The van der Waals surface area contributed by atoms with E-state index in [2.05, 4.69) is 12.2 Å². The highest BCUT2D eigenvalue weighted by molar-refractivity contribution is 7.99. The molecule has 2 N–H and O–H groups in total. The van der Waals surface area contributed by atoms with E-state index in [9.17, 15) is 5.11 Å². The first-order valence-corrected chi connectivity index (χ1v) is 8.40. The van der Waals surface area contributed by atoms with Crippen molar-refractivity contribution in [3.05, 3.63) is 33.8 Å². The molecule has 19 heavy (non-hydrogen) atoms. The summed E-state index contributed by atoms with van der Waals surface area (Å²) in [6, 6.07) is 5.80. The highest BCUT2D eigenvalue weighted by Gasteiger charge is 2.29. The maximum atomic E-state index is 10.4. The zero-order chi connectivity index (χ0) is 13.9. The van der Waals surface area contributed by atoms with Crippen LogP contribution in [0.4, 0.5) is 0 Å². The van der Waals surface area contributed by atoms with Gasteiger partial charge in [-0.3, -0.25) is 0 Å². The molecule has 0 aliphatic carbocycles. The lowest BCUT2D eigenvalue weighted by Gasteiger charge is -2.33. The number of thioether (sulfide) groups is 1. The van der Waals surface area contributed by atoms with Gasteiger partial charge in [-0.15, -0.1) is 0 Å². The first-order chi connectivity index (χ1) is 9.00. The largest absolute Gasteiger partial charge is 0.389 e. The molecule has 1 atom stereocenters. The predicted molar refractivity (Wildman–Crippen MR) is 84.4 cm³/mol. The van der Waals surface area contributed by atoms with Crippen LogP contribution >= 0.6 is 35.0 Å². The molecule has 2 nitrogen and oxygen atoms in total. The topological polar surface area (TPSA) is 32.3 Å². The molecular weight excluding hydrogens is 301 g/mol. The molecule has 0 amide bonds. The summed E-state index contributed by atoms with van der Waals surface area (Å²) >= 11 is 13.8. The zero-order valence-electron chi connectivity index (χ0n) is 11.0. The maximum Gasteiger partial charge on any atom is 0.0787 e. The Kier molecular flexibility index (Phi) is 5.44. The van der Waals surface area contributed by atoms with Crippen LogP contribution in [-0.4, -0.2) is 28.8 Å².